The van der Waals surface area contributed by atoms with Crippen molar-refractivity contribution in [2.45, 2.75) is 13.5 Å². The summed E-state index contributed by atoms with van der Waals surface area (Å²) in [5.41, 5.74) is 3.84. The van der Waals surface area contributed by atoms with Crippen LogP contribution in [0, 0.1) is 6.92 Å². The SMILES string of the molecule is COc1ccc(CN2C(=O)C(Nc3ccccc3C)=C(c3ccccc3)C2=O)cc1OC. The molecule has 0 atom stereocenters. The van der Waals surface area contributed by atoms with Crippen LogP contribution in [0.15, 0.2) is 78.5 Å². The second kappa shape index (κ2) is 8.98. The molecule has 1 aliphatic heterocycles. The summed E-state index contributed by atoms with van der Waals surface area (Å²) in [5, 5.41) is 3.22. The number of carbonyl (C=O) groups excluding carboxylic acids is 2. The van der Waals surface area contributed by atoms with Crippen molar-refractivity contribution in [1.82, 2.24) is 4.90 Å². The minimum atomic E-state index is -0.369. The van der Waals surface area contributed by atoms with Crippen molar-refractivity contribution >= 4 is 23.1 Å². The van der Waals surface area contributed by atoms with E-state index in [0.717, 1.165) is 16.8 Å². The molecule has 162 valence electrons. The molecule has 1 N–H and O–H groups in total. The molecule has 0 unspecified atom stereocenters. The Bertz CT molecular complexity index is 1200. The number of benzene rings is 3. The van der Waals surface area contributed by atoms with Gasteiger partial charge in [-0.15, -0.1) is 0 Å². The Morgan fingerprint density at radius 2 is 1.50 bits per heavy atom. The molecule has 0 saturated carbocycles. The summed E-state index contributed by atoms with van der Waals surface area (Å²) in [6.07, 6.45) is 0. The summed E-state index contributed by atoms with van der Waals surface area (Å²) in [7, 11) is 3.11. The van der Waals surface area contributed by atoms with Crippen molar-refractivity contribution in [3.05, 3.63) is 95.2 Å². The summed E-state index contributed by atoms with van der Waals surface area (Å²) >= 11 is 0. The van der Waals surface area contributed by atoms with E-state index in [0.29, 0.717) is 22.6 Å². The number of hydrogen-bond donors (Lipinski definition) is 1. The van der Waals surface area contributed by atoms with Crippen LogP contribution in [0.1, 0.15) is 16.7 Å². The van der Waals surface area contributed by atoms with E-state index in [-0.39, 0.29) is 24.1 Å². The third kappa shape index (κ3) is 3.95. The Balaban J connectivity index is 1.71. The molecule has 0 fully saturated rings. The summed E-state index contributed by atoms with van der Waals surface area (Å²) in [6.45, 7) is 2.07. The van der Waals surface area contributed by atoms with Gasteiger partial charge in [-0.3, -0.25) is 14.5 Å². The number of ether oxygens (including phenoxy) is 2. The average molecular weight is 428 g/mol. The number of aryl methyl sites for hydroxylation is 1. The molecule has 32 heavy (non-hydrogen) atoms. The van der Waals surface area contributed by atoms with Crippen LogP contribution in [0.25, 0.3) is 5.57 Å². The molecule has 2 amide bonds. The van der Waals surface area contributed by atoms with Crippen molar-refractivity contribution in [3.8, 4) is 11.5 Å². The highest BCUT2D eigenvalue weighted by atomic mass is 16.5. The van der Waals surface area contributed by atoms with Crippen molar-refractivity contribution < 1.29 is 19.1 Å². The second-order valence-electron chi connectivity index (χ2n) is 7.44. The van der Waals surface area contributed by atoms with E-state index < -0.39 is 0 Å². The predicted octanol–water partition coefficient (Wildman–Crippen LogP) is 4.40. The van der Waals surface area contributed by atoms with Crippen LogP contribution in [-0.2, 0) is 16.1 Å². The number of nitrogens with one attached hydrogen (secondary N) is 1. The maximum Gasteiger partial charge on any atom is 0.278 e. The summed E-state index contributed by atoms with van der Waals surface area (Å²) in [6, 6.07) is 22.3. The first-order valence-electron chi connectivity index (χ1n) is 10.2. The van der Waals surface area contributed by atoms with E-state index in [2.05, 4.69) is 5.32 Å². The fourth-order valence-electron chi connectivity index (χ4n) is 3.72. The highest BCUT2D eigenvalue weighted by molar-refractivity contribution is 6.36. The Hall–Kier alpha value is -4.06. The standard InChI is InChI=1S/C26H24N2O4/c1-17-9-7-8-12-20(17)27-24-23(19-10-5-4-6-11-19)25(29)28(26(24)30)16-18-13-14-21(31-2)22(15-18)32-3/h4-15,27H,16H2,1-3H3. The van der Waals surface area contributed by atoms with Crippen molar-refractivity contribution in [3.63, 3.8) is 0 Å². The highest BCUT2D eigenvalue weighted by Gasteiger charge is 2.39. The molecule has 0 radical (unpaired) electrons. The van der Waals surface area contributed by atoms with Crippen LogP contribution in [0.3, 0.4) is 0 Å². The third-order valence-corrected chi connectivity index (χ3v) is 5.42. The topological polar surface area (TPSA) is 67.9 Å². The van der Waals surface area contributed by atoms with E-state index in [9.17, 15) is 9.59 Å². The molecular weight excluding hydrogens is 404 g/mol. The number of amides is 2. The van der Waals surface area contributed by atoms with E-state index in [1.807, 2.05) is 67.6 Å². The lowest BCUT2D eigenvalue weighted by Gasteiger charge is -2.17. The lowest BCUT2D eigenvalue weighted by molar-refractivity contribution is -0.137. The van der Waals surface area contributed by atoms with Gasteiger partial charge in [-0.2, -0.15) is 0 Å². The minimum Gasteiger partial charge on any atom is -0.493 e. The van der Waals surface area contributed by atoms with Crippen LogP contribution >= 0.6 is 0 Å². The molecule has 0 spiro atoms. The van der Waals surface area contributed by atoms with Crippen LogP contribution in [-0.4, -0.2) is 30.9 Å². The lowest BCUT2D eigenvalue weighted by atomic mass is 10.0. The van der Waals surface area contributed by atoms with Crippen LogP contribution < -0.4 is 14.8 Å². The van der Waals surface area contributed by atoms with Gasteiger partial charge in [0.05, 0.1) is 26.3 Å². The van der Waals surface area contributed by atoms with Gasteiger partial charge in [-0.1, -0.05) is 54.6 Å². The first-order valence-corrected chi connectivity index (χ1v) is 10.2. The maximum absolute atomic E-state index is 13.4. The number of para-hydroxylation sites is 1. The Kier molecular flexibility index (Phi) is 5.94. The molecule has 3 aromatic rings. The number of anilines is 1. The molecule has 0 aliphatic carbocycles. The van der Waals surface area contributed by atoms with Crippen LogP contribution in [0.4, 0.5) is 5.69 Å². The molecule has 6 nitrogen and oxygen atoms in total. The number of hydrogen-bond acceptors (Lipinski definition) is 5. The van der Waals surface area contributed by atoms with Crippen molar-refractivity contribution in [2.24, 2.45) is 0 Å². The molecule has 6 heteroatoms. The van der Waals surface area contributed by atoms with E-state index in [4.69, 9.17) is 9.47 Å². The van der Waals surface area contributed by atoms with Gasteiger partial charge in [-0.05, 0) is 41.8 Å². The maximum atomic E-state index is 13.4. The molecule has 3 aromatic carbocycles. The normalized spacial score (nSPS) is 13.5. The van der Waals surface area contributed by atoms with E-state index in [1.54, 1.807) is 26.4 Å². The molecule has 0 saturated heterocycles. The fourth-order valence-corrected chi connectivity index (χ4v) is 3.72. The number of carbonyl (C=O) groups is 2. The van der Waals surface area contributed by atoms with Crippen molar-refractivity contribution in [2.75, 3.05) is 19.5 Å². The van der Waals surface area contributed by atoms with E-state index >= 15 is 0 Å². The zero-order valence-electron chi connectivity index (χ0n) is 18.2. The second-order valence-corrected chi connectivity index (χ2v) is 7.44. The number of imide groups is 1. The Morgan fingerprint density at radius 1 is 0.812 bits per heavy atom. The Morgan fingerprint density at radius 3 is 2.19 bits per heavy atom. The summed E-state index contributed by atoms with van der Waals surface area (Å²) in [4.78, 5) is 28.1. The fraction of sp³-hybridized carbons (Fsp3) is 0.154. The first-order chi connectivity index (χ1) is 15.5. The van der Waals surface area contributed by atoms with Gasteiger partial charge in [0.15, 0.2) is 11.5 Å². The Labute approximate surface area is 187 Å². The zero-order chi connectivity index (χ0) is 22.7. The van der Waals surface area contributed by atoms with Crippen molar-refractivity contribution in [1.29, 1.82) is 0 Å². The molecule has 4 rings (SSSR count). The third-order valence-electron chi connectivity index (χ3n) is 5.42. The smallest absolute Gasteiger partial charge is 0.278 e. The van der Waals surface area contributed by atoms with Gasteiger partial charge in [0, 0.05) is 5.69 Å². The lowest BCUT2D eigenvalue weighted by Crippen LogP contribution is -2.32. The van der Waals surface area contributed by atoms with Crippen LogP contribution in [0.2, 0.25) is 0 Å². The molecule has 1 aliphatic rings. The van der Waals surface area contributed by atoms with Gasteiger partial charge in [0.2, 0.25) is 0 Å². The van der Waals surface area contributed by atoms with Gasteiger partial charge >= 0.3 is 0 Å². The van der Waals surface area contributed by atoms with Gasteiger partial charge in [0.1, 0.15) is 5.70 Å². The minimum absolute atomic E-state index is 0.118. The van der Waals surface area contributed by atoms with Crippen LogP contribution in [0.5, 0.6) is 11.5 Å². The molecule has 1 heterocycles. The summed E-state index contributed by atoms with van der Waals surface area (Å²) in [5.74, 6) is 0.415. The largest absolute Gasteiger partial charge is 0.493 e. The number of rotatable bonds is 7. The molecular formula is C26H24N2O4. The quantitative estimate of drug-likeness (QED) is 0.565. The van der Waals surface area contributed by atoms with Gasteiger partial charge in [-0.25, -0.2) is 0 Å². The van der Waals surface area contributed by atoms with Gasteiger partial charge < -0.3 is 14.8 Å². The van der Waals surface area contributed by atoms with E-state index in [1.165, 1.54) is 4.90 Å². The highest BCUT2D eigenvalue weighted by Crippen LogP contribution is 2.33. The van der Waals surface area contributed by atoms with Gasteiger partial charge in [0.25, 0.3) is 11.8 Å². The number of nitrogens with zero attached hydrogens (tertiary/aromatic N) is 1. The average Bonchev–Trinajstić information content (AvgIpc) is 3.05. The predicted molar refractivity (Wildman–Crippen MR) is 123 cm³/mol. The monoisotopic (exact) mass is 428 g/mol. The first kappa shape index (κ1) is 21.2. The number of methoxy groups -OCH3 is 2. The summed E-state index contributed by atoms with van der Waals surface area (Å²) < 4.78 is 10.6. The molecule has 0 aromatic heterocycles. The zero-order valence-corrected chi connectivity index (χ0v) is 18.2. The molecule has 0 bridgehead atoms.